The van der Waals surface area contributed by atoms with Gasteiger partial charge in [0.15, 0.2) is 0 Å². The van der Waals surface area contributed by atoms with E-state index in [1.807, 2.05) is 47.4 Å². The van der Waals surface area contributed by atoms with E-state index in [0.717, 1.165) is 24.2 Å². The van der Waals surface area contributed by atoms with Gasteiger partial charge in [0.2, 0.25) is 5.91 Å². The standard InChI is InChI=1S/C28H34FNO4/c29-14-15-33-26-12-10-21(11-13-26)16-25(28(32)34-20-22-6-2-1-3-7-22)17-27(31)30-18-23-8-4-5-9-24(23)19-30/h1-3,6-7,10-13,23-25H,4-5,8-9,14-20H2/t23-,24+,25?/i29-1. The highest BCUT2D eigenvalue weighted by Gasteiger charge is 2.37. The van der Waals surface area contributed by atoms with Crippen molar-refractivity contribution >= 4 is 11.9 Å². The summed E-state index contributed by atoms with van der Waals surface area (Å²) in [6.45, 7) is 1.29. The minimum atomic E-state index is -0.559. The van der Waals surface area contributed by atoms with Gasteiger partial charge >= 0.3 is 5.97 Å². The van der Waals surface area contributed by atoms with Gasteiger partial charge in [0.25, 0.3) is 0 Å². The summed E-state index contributed by atoms with van der Waals surface area (Å²) in [5.41, 5.74) is 1.83. The lowest BCUT2D eigenvalue weighted by atomic mass is 9.82. The number of fused-ring (bicyclic) bond motifs is 1. The molecular weight excluding hydrogens is 432 g/mol. The summed E-state index contributed by atoms with van der Waals surface area (Å²) in [4.78, 5) is 28.2. The maximum absolute atomic E-state index is 13.2. The van der Waals surface area contributed by atoms with Crippen molar-refractivity contribution in [3.8, 4) is 5.75 Å². The molecule has 182 valence electrons. The minimum Gasteiger partial charge on any atom is -0.491 e. The molecule has 6 heteroatoms. The summed E-state index contributed by atoms with van der Waals surface area (Å²) in [5, 5.41) is 0. The molecule has 5 nitrogen and oxygen atoms in total. The number of hydrogen-bond acceptors (Lipinski definition) is 4. The van der Waals surface area contributed by atoms with Gasteiger partial charge in [-0.25, -0.2) is 4.39 Å². The second kappa shape index (κ2) is 12.0. The number of benzene rings is 2. The summed E-state index contributed by atoms with van der Waals surface area (Å²) in [6.07, 6.45) is 5.46. The number of likely N-dealkylation sites (tertiary alicyclic amines) is 1. The summed E-state index contributed by atoms with van der Waals surface area (Å²) in [7, 11) is 0. The van der Waals surface area contributed by atoms with Crippen LogP contribution in [0, 0.1) is 17.8 Å². The van der Waals surface area contributed by atoms with Gasteiger partial charge in [0.1, 0.15) is 25.6 Å². The van der Waals surface area contributed by atoms with Crippen molar-refractivity contribution < 1.29 is 23.5 Å². The Bertz CT molecular complexity index is 919. The second-order valence-electron chi connectivity index (χ2n) is 9.48. The first-order valence-corrected chi connectivity index (χ1v) is 12.4. The van der Waals surface area contributed by atoms with Crippen molar-refractivity contribution in [2.45, 2.75) is 45.1 Å². The molecule has 2 aromatic carbocycles. The number of alkyl halides is 1. The lowest BCUT2D eigenvalue weighted by Gasteiger charge is -2.22. The van der Waals surface area contributed by atoms with Crippen LogP contribution in [0.15, 0.2) is 54.6 Å². The van der Waals surface area contributed by atoms with Gasteiger partial charge in [0.05, 0.1) is 5.92 Å². The summed E-state index contributed by atoms with van der Waals surface area (Å²) < 4.78 is 23.3. The zero-order valence-electron chi connectivity index (χ0n) is 19.7. The van der Waals surface area contributed by atoms with E-state index in [2.05, 4.69) is 0 Å². The van der Waals surface area contributed by atoms with Crippen molar-refractivity contribution in [2.75, 3.05) is 26.4 Å². The predicted molar refractivity (Wildman–Crippen MR) is 128 cm³/mol. The lowest BCUT2D eigenvalue weighted by Crippen LogP contribution is -2.33. The molecule has 1 aliphatic carbocycles. The molecule has 0 N–H and O–H groups in total. The predicted octanol–water partition coefficient (Wildman–Crippen LogP) is 4.98. The van der Waals surface area contributed by atoms with E-state index in [0.29, 0.717) is 24.0 Å². The van der Waals surface area contributed by atoms with E-state index in [9.17, 15) is 14.0 Å². The average molecular weight is 467 g/mol. The average Bonchev–Trinajstić information content (AvgIpc) is 3.32. The van der Waals surface area contributed by atoms with Gasteiger partial charge < -0.3 is 14.4 Å². The Morgan fingerprint density at radius 3 is 2.26 bits per heavy atom. The van der Waals surface area contributed by atoms with Crippen LogP contribution in [-0.2, 0) is 27.4 Å². The normalized spacial score (nSPS) is 20.4. The highest BCUT2D eigenvalue weighted by molar-refractivity contribution is 5.83. The summed E-state index contributed by atoms with van der Waals surface area (Å²) >= 11 is 0. The van der Waals surface area contributed by atoms with Gasteiger partial charge in [-0.05, 0) is 54.4 Å². The van der Waals surface area contributed by atoms with Crippen LogP contribution in [0.1, 0.15) is 43.2 Å². The first-order chi connectivity index (χ1) is 16.6. The third kappa shape index (κ3) is 6.58. The highest BCUT2D eigenvalue weighted by Crippen LogP contribution is 2.36. The largest absolute Gasteiger partial charge is 0.491 e. The molecule has 1 saturated carbocycles. The molecule has 4 rings (SSSR count). The van der Waals surface area contributed by atoms with E-state index >= 15 is 0 Å². The molecule has 1 saturated heterocycles. The van der Waals surface area contributed by atoms with Gasteiger partial charge in [-0.15, -0.1) is 0 Å². The van der Waals surface area contributed by atoms with E-state index < -0.39 is 12.6 Å². The van der Waals surface area contributed by atoms with Crippen LogP contribution >= 0.6 is 0 Å². The van der Waals surface area contributed by atoms with Gasteiger partial charge in [-0.2, -0.15) is 0 Å². The van der Waals surface area contributed by atoms with Crippen LogP contribution in [0.4, 0.5) is 4.39 Å². The molecule has 0 bridgehead atoms. The first-order valence-electron chi connectivity index (χ1n) is 12.4. The number of amides is 1. The smallest absolute Gasteiger partial charge is 0.310 e. The van der Waals surface area contributed by atoms with E-state index in [1.54, 1.807) is 12.1 Å². The van der Waals surface area contributed by atoms with Crippen molar-refractivity contribution in [2.24, 2.45) is 17.8 Å². The molecule has 34 heavy (non-hydrogen) atoms. The fourth-order valence-corrected chi connectivity index (χ4v) is 5.20. The van der Waals surface area contributed by atoms with Gasteiger partial charge in [0, 0.05) is 19.5 Å². The Hall–Kier alpha value is -2.89. The fraction of sp³-hybridized carbons (Fsp3) is 0.500. The highest BCUT2D eigenvalue weighted by atomic mass is 18.2. The molecule has 3 atom stereocenters. The number of nitrogens with zero attached hydrogens (tertiary/aromatic N) is 1. The van der Waals surface area contributed by atoms with Crippen LogP contribution in [0.3, 0.4) is 0 Å². The van der Waals surface area contributed by atoms with Crippen molar-refractivity contribution in [1.82, 2.24) is 4.90 Å². The van der Waals surface area contributed by atoms with Gasteiger partial charge in [-0.3, -0.25) is 9.59 Å². The molecule has 1 heterocycles. The quantitative estimate of drug-likeness (QED) is 0.464. The zero-order chi connectivity index (χ0) is 23.8. The number of esters is 1. The third-order valence-electron chi connectivity index (χ3n) is 7.06. The van der Waals surface area contributed by atoms with Crippen LogP contribution in [0.25, 0.3) is 0 Å². The monoisotopic (exact) mass is 466 g/mol. The topological polar surface area (TPSA) is 55.8 Å². The molecule has 2 aliphatic rings. The number of rotatable bonds is 10. The Morgan fingerprint density at radius 1 is 0.941 bits per heavy atom. The molecule has 1 unspecified atom stereocenters. The summed E-state index contributed by atoms with van der Waals surface area (Å²) in [5.74, 6) is 0.929. The Kier molecular flexibility index (Phi) is 8.56. The first kappa shape index (κ1) is 24.2. The SMILES string of the molecule is O=C(OCc1ccccc1)C(CC(=O)N1C[C@H]2CCCC[C@H]2C1)Cc1ccc(OCC[18F])cc1. The number of carbonyl (C=O) groups excluding carboxylic acids is 2. The molecule has 2 fully saturated rings. The maximum Gasteiger partial charge on any atom is 0.310 e. The molecule has 2 aromatic rings. The molecule has 1 aliphatic heterocycles. The van der Waals surface area contributed by atoms with Crippen LogP contribution in [-0.4, -0.2) is 43.1 Å². The van der Waals surface area contributed by atoms with Crippen molar-refractivity contribution in [3.63, 3.8) is 0 Å². The van der Waals surface area contributed by atoms with E-state index in [1.165, 1.54) is 25.7 Å². The Labute approximate surface area is 201 Å². The number of carbonyl (C=O) groups is 2. The molecule has 0 aromatic heterocycles. The Balaban J connectivity index is 1.40. The van der Waals surface area contributed by atoms with E-state index in [4.69, 9.17) is 9.47 Å². The van der Waals surface area contributed by atoms with Crippen LogP contribution < -0.4 is 4.74 Å². The number of ether oxygens (including phenoxy) is 2. The fourth-order valence-electron chi connectivity index (χ4n) is 5.20. The molecule has 1 amide bonds. The maximum atomic E-state index is 13.2. The van der Waals surface area contributed by atoms with Gasteiger partial charge in [-0.1, -0.05) is 55.3 Å². The minimum absolute atomic E-state index is 0.0140. The Morgan fingerprint density at radius 2 is 1.62 bits per heavy atom. The number of hydrogen-bond donors (Lipinski definition) is 0. The summed E-state index contributed by atoms with van der Waals surface area (Å²) in [6, 6.07) is 16.8. The molecule has 0 radical (unpaired) electrons. The lowest BCUT2D eigenvalue weighted by molar-refractivity contribution is -0.152. The number of halogens is 1. The van der Waals surface area contributed by atoms with Crippen molar-refractivity contribution in [3.05, 3.63) is 65.7 Å². The third-order valence-corrected chi connectivity index (χ3v) is 7.06. The van der Waals surface area contributed by atoms with Crippen molar-refractivity contribution in [1.29, 1.82) is 0 Å². The van der Waals surface area contributed by atoms with Crippen LogP contribution in [0.5, 0.6) is 5.75 Å². The molecular formula is C28H34FNO4. The van der Waals surface area contributed by atoms with E-state index in [-0.39, 0.29) is 31.5 Å². The second-order valence-corrected chi connectivity index (χ2v) is 9.48. The zero-order valence-corrected chi connectivity index (χ0v) is 19.7. The van der Waals surface area contributed by atoms with Crippen LogP contribution in [0.2, 0.25) is 0 Å². The molecule has 0 spiro atoms.